The molecule has 0 aliphatic rings. The average molecular weight is 651 g/mol. The van der Waals surface area contributed by atoms with Gasteiger partial charge in [0.05, 0.1) is 16.7 Å². The fourth-order valence-electron chi connectivity index (χ4n) is 7.31. The van der Waals surface area contributed by atoms with Crippen molar-refractivity contribution < 1.29 is 0 Å². The van der Waals surface area contributed by atoms with Gasteiger partial charge in [0.2, 0.25) is 0 Å². The fourth-order valence-corrected chi connectivity index (χ4v) is 7.31. The Balaban J connectivity index is 1.10. The lowest BCUT2D eigenvalue weighted by molar-refractivity contribution is 1.08. The maximum Gasteiger partial charge on any atom is 0.164 e. The highest BCUT2D eigenvalue weighted by Crippen LogP contribution is 2.37. The van der Waals surface area contributed by atoms with Crippen LogP contribution in [0.15, 0.2) is 182 Å². The summed E-state index contributed by atoms with van der Waals surface area (Å²) >= 11 is 0. The van der Waals surface area contributed by atoms with Gasteiger partial charge in [-0.1, -0.05) is 152 Å². The largest absolute Gasteiger partial charge is 0.309 e. The monoisotopic (exact) mass is 650 g/mol. The Hall–Kier alpha value is -6.91. The first-order valence-corrected chi connectivity index (χ1v) is 17.2. The summed E-state index contributed by atoms with van der Waals surface area (Å²) in [6.45, 7) is 0. The third-order valence-electron chi connectivity index (χ3n) is 9.83. The molecule has 10 rings (SSSR count). The molecular weight excluding hydrogens is 621 g/mol. The van der Waals surface area contributed by atoms with Crippen molar-refractivity contribution in [2.24, 2.45) is 0 Å². The van der Waals surface area contributed by atoms with Crippen LogP contribution < -0.4 is 0 Å². The summed E-state index contributed by atoms with van der Waals surface area (Å²) < 4.78 is 2.38. The second kappa shape index (κ2) is 11.9. The van der Waals surface area contributed by atoms with Crippen LogP contribution >= 0.6 is 0 Å². The number of rotatable bonds is 5. The normalized spacial score (nSPS) is 11.5. The molecule has 0 saturated heterocycles. The van der Waals surface area contributed by atoms with Gasteiger partial charge in [-0.3, -0.25) is 0 Å². The van der Waals surface area contributed by atoms with E-state index in [0.29, 0.717) is 17.5 Å². The predicted molar refractivity (Wildman–Crippen MR) is 211 cm³/mol. The van der Waals surface area contributed by atoms with Gasteiger partial charge in [-0.15, -0.1) is 0 Å². The molecule has 0 aliphatic carbocycles. The van der Waals surface area contributed by atoms with Crippen molar-refractivity contribution in [3.05, 3.63) is 182 Å². The van der Waals surface area contributed by atoms with Gasteiger partial charge in [-0.25, -0.2) is 15.0 Å². The van der Waals surface area contributed by atoms with Crippen molar-refractivity contribution in [2.75, 3.05) is 0 Å². The molecule has 10 aromatic rings. The number of hydrogen-bond donors (Lipinski definition) is 0. The zero-order chi connectivity index (χ0) is 33.7. The third-order valence-corrected chi connectivity index (χ3v) is 9.83. The summed E-state index contributed by atoms with van der Waals surface area (Å²) in [7, 11) is 0. The van der Waals surface area contributed by atoms with E-state index in [2.05, 4.69) is 187 Å². The highest BCUT2D eigenvalue weighted by Gasteiger charge is 2.17. The van der Waals surface area contributed by atoms with Crippen LogP contribution in [0.4, 0.5) is 0 Å². The highest BCUT2D eigenvalue weighted by atomic mass is 15.0. The Morgan fingerprint density at radius 1 is 0.314 bits per heavy atom. The summed E-state index contributed by atoms with van der Waals surface area (Å²) in [6.07, 6.45) is 0. The maximum atomic E-state index is 5.07. The Kier molecular flexibility index (Phi) is 6.78. The minimum Gasteiger partial charge on any atom is -0.309 e. The standard InChI is InChI=1S/C47H30N4/c1-3-13-35-29-37(27-21-31(35)11-1)46-48-45(49-47(50-46)38-28-22-32-12-2-4-14-36(32)30-38)34-25-23-33(24-26-34)39-15-5-8-18-42(39)51-43-19-9-6-16-40(43)41-17-7-10-20-44(41)51/h1-30H. The molecule has 0 fully saturated rings. The van der Waals surface area contributed by atoms with Crippen LogP contribution in [0.1, 0.15) is 0 Å². The van der Waals surface area contributed by atoms with E-state index >= 15 is 0 Å². The van der Waals surface area contributed by atoms with Crippen LogP contribution in [0.2, 0.25) is 0 Å². The molecule has 0 unspecified atom stereocenters. The maximum absolute atomic E-state index is 5.07. The molecule has 8 aromatic carbocycles. The molecule has 0 spiro atoms. The molecule has 0 aliphatic heterocycles. The quantitative estimate of drug-likeness (QED) is 0.186. The van der Waals surface area contributed by atoms with E-state index in [1.54, 1.807) is 0 Å². The summed E-state index contributed by atoms with van der Waals surface area (Å²) in [5.74, 6) is 1.93. The topological polar surface area (TPSA) is 43.6 Å². The van der Waals surface area contributed by atoms with Gasteiger partial charge in [0, 0.05) is 33.0 Å². The van der Waals surface area contributed by atoms with E-state index in [4.69, 9.17) is 15.0 Å². The molecule has 51 heavy (non-hydrogen) atoms. The van der Waals surface area contributed by atoms with Crippen molar-refractivity contribution in [2.45, 2.75) is 0 Å². The van der Waals surface area contributed by atoms with Crippen molar-refractivity contribution >= 4 is 43.4 Å². The fraction of sp³-hybridized carbons (Fsp3) is 0. The first-order chi connectivity index (χ1) is 25.3. The molecule has 4 nitrogen and oxygen atoms in total. The third kappa shape index (κ3) is 5.04. The smallest absolute Gasteiger partial charge is 0.164 e. The van der Waals surface area contributed by atoms with Crippen molar-refractivity contribution in [3.63, 3.8) is 0 Å². The zero-order valence-electron chi connectivity index (χ0n) is 27.6. The van der Waals surface area contributed by atoms with Gasteiger partial charge in [0.25, 0.3) is 0 Å². The van der Waals surface area contributed by atoms with Gasteiger partial charge in [0.15, 0.2) is 17.5 Å². The number of para-hydroxylation sites is 3. The summed E-state index contributed by atoms with van der Waals surface area (Å²) in [5.41, 5.74) is 8.63. The van der Waals surface area contributed by atoms with Crippen LogP contribution in [0.5, 0.6) is 0 Å². The molecule has 2 aromatic heterocycles. The van der Waals surface area contributed by atoms with Crippen molar-refractivity contribution in [1.29, 1.82) is 0 Å². The number of fused-ring (bicyclic) bond motifs is 5. The zero-order valence-corrected chi connectivity index (χ0v) is 27.6. The number of benzene rings is 8. The van der Waals surface area contributed by atoms with E-state index < -0.39 is 0 Å². The van der Waals surface area contributed by atoms with E-state index in [9.17, 15) is 0 Å². The molecule has 0 atom stereocenters. The van der Waals surface area contributed by atoms with E-state index in [0.717, 1.165) is 44.3 Å². The molecule has 0 radical (unpaired) electrons. The Morgan fingerprint density at radius 3 is 1.29 bits per heavy atom. The van der Waals surface area contributed by atoms with Gasteiger partial charge < -0.3 is 4.57 Å². The second-order valence-corrected chi connectivity index (χ2v) is 12.9. The lowest BCUT2D eigenvalue weighted by Gasteiger charge is -2.14. The first-order valence-electron chi connectivity index (χ1n) is 17.2. The summed E-state index contributed by atoms with van der Waals surface area (Å²) in [6, 6.07) is 64.0. The molecule has 238 valence electrons. The molecular formula is C47H30N4. The van der Waals surface area contributed by atoms with E-state index in [1.165, 1.54) is 32.6 Å². The Morgan fingerprint density at radius 2 is 0.725 bits per heavy atom. The second-order valence-electron chi connectivity index (χ2n) is 12.9. The molecule has 0 N–H and O–H groups in total. The van der Waals surface area contributed by atoms with E-state index in [-0.39, 0.29) is 0 Å². The van der Waals surface area contributed by atoms with E-state index in [1.807, 2.05) is 0 Å². The highest BCUT2D eigenvalue weighted by molar-refractivity contribution is 6.09. The minimum atomic E-state index is 0.638. The summed E-state index contributed by atoms with van der Waals surface area (Å²) in [4.78, 5) is 15.2. The number of nitrogens with zero attached hydrogens (tertiary/aromatic N) is 4. The Bertz CT molecular complexity index is 2770. The van der Waals surface area contributed by atoms with Crippen molar-refractivity contribution in [1.82, 2.24) is 19.5 Å². The molecule has 4 heteroatoms. The Labute approximate surface area is 295 Å². The van der Waals surface area contributed by atoms with Crippen LogP contribution in [-0.4, -0.2) is 19.5 Å². The predicted octanol–water partition coefficient (Wildman–Crippen LogP) is 11.9. The van der Waals surface area contributed by atoms with Crippen LogP contribution in [-0.2, 0) is 0 Å². The summed E-state index contributed by atoms with van der Waals surface area (Å²) in [5, 5.41) is 7.16. The minimum absolute atomic E-state index is 0.638. The van der Waals surface area contributed by atoms with Gasteiger partial charge in [-0.2, -0.15) is 0 Å². The molecule has 0 bridgehead atoms. The average Bonchev–Trinajstić information content (AvgIpc) is 3.54. The number of aromatic nitrogens is 4. The van der Waals surface area contributed by atoms with Crippen LogP contribution in [0.25, 0.3) is 94.3 Å². The van der Waals surface area contributed by atoms with Crippen LogP contribution in [0, 0.1) is 0 Å². The van der Waals surface area contributed by atoms with Crippen molar-refractivity contribution in [3.8, 4) is 51.0 Å². The van der Waals surface area contributed by atoms with Gasteiger partial charge >= 0.3 is 0 Å². The molecule has 0 saturated carbocycles. The SMILES string of the molecule is c1ccc(-n2c3ccccc3c3ccccc32)c(-c2ccc(-c3nc(-c4ccc5ccccc5c4)nc(-c4ccc5ccccc5c4)n3)cc2)c1. The van der Waals surface area contributed by atoms with Gasteiger partial charge in [-0.05, 0) is 57.4 Å². The van der Waals surface area contributed by atoms with Crippen LogP contribution in [0.3, 0.4) is 0 Å². The molecule has 2 heterocycles. The van der Waals surface area contributed by atoms with Gasteiger partial charge in [0.1, 0.15) is 0 Å². The number of hydrogen-bond acceptors (Lipinski definition) is 3. The first kappa shape index (κ1) is 29.0. The molecule has 0 amide bonds. The lowest BCUT2D eigenvalue weighted by atomic mass is 10.0. The lowest BCUT2D eigenvalue weighted by Crippen LogP contribution is -2.00.